The Morgan fingerprint density at radius 2 is 1.57 bits per heavy atom. The minimum atomic E-state index is 0.222. The molecule has 4 rings (SSSR count). The fraction of sp³-hybridized carbons (Fsp3) is 0.333. The van der Waals surface area contributed by atoms with E-state index in [1.165, 1.54) is 48.4 Å². The van der Waals surface area contributed by atoms with Gasteiger partial charge in [0.2, 0.25) is 0 Å². The van der Waals surface area contributed by atoms with Crippen molar-refractivity contribution < 1.29 is 4.74 Å². The van der Waals surface area contributed by atoms with Gasteiger partial charge in [-0.15, -0.1) is 11.3 Å². The van der Waals surface area contributed by atoms with Crippen molar-refractivity contribution in [2.24, 2.45) is 0 Å². The van der Waals surface area contributed by atoms with E-state index in [1.807, 2.05) is 12.1 Å². The summed E-state index contributed by atoms with van der Waals surface area (Å²) in [4.78, 5) is 3.84. The van der Waals surface area contributed by atoms with Crippen LogP contribution in [0.2, 0.25) is 5.02 Å². The van der Waals surface area contributed by atoms with Gasteiger partial charge in [0.25, 0.3) is 0 Å². The Balaban J connectivity index is 1.44. The minimum absolute atomic E-state index is 0.222. The number of ether oxygens (including phenoxy) is 1. The van der Waals surface area contributed by atoms with E-state index in [1.54, 1.807) is 11.3 Å². The molecule has 0 bridgehead atoms. The van der Waals surface area contributed by atoms with Gasteiger partial charge in [0.15, 0.2) is 0 Å². The van der Waals surface area contributed by atoms with Gasteiger partial charge in [0, 0.05) is 22.4 Å². The summed E-state index contributed by atoms with van der Waals surface area (Å²) in [5.74, 6) is 1.17. The van der Waals surface area contributed by atoms with Crippen LogP contribution in [0, 0.1) is 0 Å². The number of benzene rings is 2. The molecule has 1 fully saturated rings. The molecule has 4 heteroatoms. The third kappa shape index (κ3) is 4.96. The van der Waals surface area contributed by atoms with Crippen LogP contribution in [0.5, 0.6) is 5.75 Å². The van der Waals surface area contributed by atoms with Gasteiger partial charge in [-0.3, -0.25) is 4.90 Å². The summed E-state index contributed by atoms with van der Waals surface area (Å²) in [6.45, 7) is 4.20. The van der Waals surface area contributed by atoms with Crippen molar-refractivity contribution >= 4 is 22.9 Å². The van der Waals surface area contributed by atoms with Crippen LogP contribution in [0.4, 0.5) is 0 Å². The standard InChI is InChI=1S/C24H26ClNOS/c25-21-10-6-19(7-11-21)24(23-5-4-18-28-23)20-8-12-22(13-9-20)27-17-16-26-14-2-1-3-15-26/h4-13,18,24H,1-3,14-17H2. The highest BCUT2D eigenvalue weighted by atomic mass is 35.5. The molecule has 0 amide bonds. The minimum Gasteiger partial charge on any atom is -0.492 e. The fourth-order valence-corrected chi connectivity index (χ4v) is 4.87. The molecule has 1 aromatic heterocycles. The Morgan fingerprint density at radius 3 is 2.21 bits per heavy atom. The van der Waals surface area contributed by atoms with E-state index in [2.05, 4.69) is 58.8 Å². The van der Waals surface area contributed by atoms with Crippen LogP contribution in [0.1, 0.15) is 41.2 Å². The molecule has 1 saturated heterocycles. The Kier molecular flexibility index (Phi) is 6.69. The van der Waals surface area contributed by atoms with Crippen LogP contribution in [0.15, 0.2) is 66.0 Å². The monoisotopic (exact) mass is 411 g/mol. The highest BCUT2D eigenvalue weighted by Crippen LogP contribution is 2.35. The lowest BCUT2D eigenvalue weighted by molar-refractivity contribution is 0.183. The molecule has 0 aliphatic carbocycles. The normalized spacial score (nSPS) is 16.0. The molecule has 1 aliphatic rings. The quantitative estimate of drug-likeness (QED) is 0.443. The van der Waals surface area contributed by atoms with Crippen LogP contribution in [0.3, 0.4) is 0 Å². The first-order valence-electron chi connectivity index (χ1n) is 10.0. The number of hydrogen-bond donors (Lipinski definition) is 0. The molecule has 0 saturated carbocycles. The summed E-state index contributed by atoms with van der Waals surface area (Å²) < 4.78 is 6.00. The second-order valence-electron chi connectivity index (χ2n) is 7.32. The smallest absolute Gasteiger partial charge is 0.119 e. The maximum Gasteiger partial charge on any atom is 0.119 e. The molecular formula is C24H26ClNOS. The van der Waals surface area contributed by atoms with Gasteiger partial charge in [-0.05, 0) is 72.8 Å². The van der Waals surface area contributed by atoms with Crippen LogP contribution >= 0.6 is 22.9 Å². The number of halogens is 1. The molecular weight excluding hydrogens is 386 g/mol. The average Bonchev–Trinajstić information content (AvgIpc) is 3.26. The van der Waals surface area contributed by atoms with Crippen molar-refractivity contribution in [3.63, 3.8) is 0 Å². The lowest BCUT2D eigenvalue weighted by Gasteiger charge is -2.26. The second-order valence-corrected chi connectivity index (χ2v) is 8.74. The van der Waals surface area contributed by atoms with Gasteiger partial charge in [0.05, 0.1) is 0 Å². The van der Waals surface area contributed by atoms with Crippen LogP contribution in [-0.2, 0) is 0 Å². The third-order valence-corrected chi connectivity index (χ3v) is 6.56. The van der Waals surface area contributed by atoms with Gasteiger partial charge < -0.3 is 4.74 Å². The molecule has 0 radical (unpaired) electrons. The summed E-state index contributed by atoms with van der Waals surface area (Å²) in [6.07, 6.45) is 4.02. The molecule has 2 aromatic carbocycles. The number of rotatable bonds is 7. The molecule has 1 aliphatic heterocycles. The highest BCUT2D eigenvalue weighted by Gasteiger charge is 2.18. The third-order valence-electron chi connectivity index (χ3n) is 5.37. The lowest BCUT2D eigenvalue weighted by Crippen LogP contribution is -2.33. The van der Waals surface area contributed by atoms with Crippen molar-refractivity contribution in [3.05, 3.63) is 87.1 Å². The van der Waals surface area contributed by atoms with Gasteiger partial charge in [-0.2, -0.15) is 0 Å². The van der Waals surface area contributed by atoms with Crippen LogP contribution < -0.4 is 4.74 Å². The van der Waals surface area contributed by atoms with Crippen molar-refractivity contribution in [1.82, 2.24) is 4.90 Å². The molecule has 0 N–H and O–H groups in total. The molecule has 0 spiro atoms. The van der Waals surface area contributed by atoms with E-state index < -0.39 is 0 Å². The summed E-state index contributed by atoms with van der Waals surface area (Å²) in [7, 11) is 0. The predicted molar refractivity (Wildman–Crippen MR) is 119 cm³/mol. The Labute approximate surface area is 176 Å². The van der Waals surface area contributed by atoms with E-state index in [0.29, 0.717) is 0 Å². The zero-order valence-corrected chi connectivity index (χ0v) is 17.6. The summed E-state index contributed by atoms with van der Waals surface area (Å²) in [5.41, 5.74) is 2.53. The first-order valence-corrected chi connectivity index (χ1v) is 11.3. The van der Waals surface area contributed by atoms with E-state index >= 15 is 0 Å². The number of thiophene rings is 1. The number of likely N-dealkylation sites (tertiary alicyclic amines) is 1. The van der Waals surface area contributed by atoms with Crippen LogP contribution in [-0.4, -0.2) is 31.1 Å². The van der Waals surface area contributed by atoms with Crippen LogP contribution in [0.25, 0.3) is 0 Å². The summed E-state index contributed by atoms with van der Waals surface area (Å²) in [5, 5.41) is 2.90. The first-order chi connectivity index (χ1) is 13.8. The molecule has 2 heterocycles. The zero-order valence-electron chi connectivity index (χ0n) is 16.0. The van der Waals surface area contributed by atoms with Gasteiger partial charge in [-0.1, -0.05) is 48.4 Å². The zero-order chi connectivity index (χ0) is 19.2. The maximum absolute atomic E-state index is 6.10. The van der Waals surface area contributed by atoms with E-state index in [-0.39, 0.29) is 5.92 Å². The van der Waals surface area contributed by atoms with Crippen molar-refractivity contribution in [2.45, 2.75) is 25.2 Å². The second kappa shape index (κ2) is 9.60. The number of hydrogen-bond acceptors (Lipinski definition) is 3. The first kappa shape index (κ1) is 19.5. The molecule has 3 aromatic rings. The molecule has 28 heavy (non-hydrogen) atoms. The number of piperidine rings is 1. The Hall–Kier alpha value is -1.81. The van der Waals surface area contributed by atoms with E-state index in [9.17, 15) is 0 Å². The average molecular weight is 412 g/mol. The predicted octanol–water partition coefficient (Wildman–Crippen LogP) is 6.45. The molecule has 1 atom stereocenters. The topological polar surface area (TPSA) is 12.5 Å². The fourth-order valence-electron chi connectivity index (χ4n) is 3.86. The summed E-state index contributed by atoms with van der Waals surface area (Å²) >= 11 is 7.88. The molecule has 146 valence electrons. The molecule has 1 unspecified atom stereocenters. The van der Waals surface area contributed by atoms with Crippen molar-refractivity contribution in [3.8, 4) is 5.75 Å². The van der Waals surface area contributed by atoms with Gasteiger partial charge >= 0.3 is 0 Å². The largest absolute Gasteiger partial charge is 0.492 e. The van der Waals surface area contributed by atoms with E-state index in [4.69, 9.17) is 16.3 Å². The van der Waals surface area contributed by atoms with E-state index in [0.717, 1.165) is 23.9 Å². The SMILES string of the molecule is Clc1ccc(C(c2ccc(OCCN3CCCCC3)cc2)c2cccs2)cc1. The van der Waals surface area contributed by atoms with Crippen molar-refractivity contribution in [2.75, 3.05) is 26.2 Å². The van der Waals surface area contributed by atoms with Gasteiger partial charge in [0.1, 0.15) is 12.4 Å². The highest BCUT2D eigenvalue weighted by molar-refractivity contribution is 7.10. The van der Waals surface area contributed by atoms with Gasteiger partial charge in [-0.25, -0.2) is 0 Å². The summed E-state index contributed by atoms with van der Waals surface area (Å²) in [6, 6.07) is 21.1. The lowest BCUT2D eigenvalue weighted by atomic mass is 9.90. The maximum atomic E-state index is 6.10. The van der Waals surface area contributed by atoms with Crippen molar-refractivity contribution in [1.29, 1.82) is 0 Å². The number of nitrogens with zero attached hydrogens (tertiary/aromatic N) is 1. The Morgan fingerprint density at radius 1 is 0.893 bits per heavy atom. The Bertz CT molecular complexity index is 839. The molecule has 2 nitrogen and oxygen atoms in total.